The Hall–Kier alpha value is -2.80. The van der Waals surface area contributed by atoms with E-state index in [-0.39, 0.29) is 32.7 Å². The van der Waals surface area contributed by atoms with Crippen LogP contribution in [0.25, 0.3) is 21.9 Å². The highest BCUT2D eigenvalue weighted by Gasteiger charge is 2.22. The van der Waals surface area contributed by atoms with Gasteiger partial charge in [-0.05, 0) is 19.1 Å². The molecule has 0 radical (unpaired) electrons. The fourth-order valence-electron chi connectivity index (χ4n) is 2.98. The highest BCUT2D eigenvalue weighted by molar-refractivity contribution is 6.35. The van der Waals surface area contributed by atoms with Gasteiger partial charge in [0.15, 0.2) is 0 Å². The van der Waals surface area contributed by atoms with Gasteiger partial charge in [0, 0.05) is 25.9 Å². The molecule has 1 aromatic carbocycles. The lowest BCUT2D eigenvalue weighted by Gasteiger charge is -2.22. The molecule has 130 valence electrons. The topological polar surface area (TPSA) is 95.7 Å². The number of carboxylic acids is 1. The van der Waals surface area contributed by atoms with E-state index in [9.17, 15) is 19.8 Å². The van der Waals surface area contributed by atoms with Crippen molar-refractivity contribution in [1.82, 2.24) is 9.55 Å². The molecular weight excluding hydrogens is 346 g/mol. The minimum absolute atomic E-state index is 0.0208. The molecule has 25 heavy (non-hydrogen) atoms. The van der Waals surface area contributed by atoms with Gasteiger partial charge in [0.25, 0.3) is 0 Å². The predicted octanol–water partition coefficient (Wildman–Crippen LogP) is 2.37. The second-order valence-electron chi connectivity index (χ2n) is 5.98. The molecule has 0 unspecified atom stereocenters. The Balaban J connectivity index is 2.71. The molecule has 0 fully saturated rings. The number of halogens is 1. The average Bonchev–Trinajstić information content (AvgIpc) is 2.49. The number of fused-ring (bicyclic) bond motifs is 2. The zero-order valence-electron chi connectivity index (χ0n) is 13.9. The van der Waals surface area contributed by atoms with Crippen LogP contribution in [0.4, 0.5) is 5.69 Å². The molecule has 0 saturated carbocycles. The molecule has 0 amide bonds. The van der Waals surface area contributed by atoms with Crippen LogP contribution in [0.3, 0.4) is 0 Å². The SMILES string of the molecule is Cc1ccc2c(=O)c3c(O)cc(Cl)c(N(C)C)c3n(CC(=O)O)c2n1. The number of aromatic hydroxyl groups is 1. The second-order valence-corrected chi connectivity index (χ2v) is 6.38. The summed E-state index contributed by atoms with van der Waals surface area (Å²) >= 11 is 6.26. The highest BCUT2D eigenvalue weighted by Crippen LogP contribution is 2.38. The van der Waals surface area contributed by atoms with Crippen molar-refractivity contribution in [3.05, 3.63) is 39.1 Å². The number of aliphatic carboxylic acids is 1. The maximum Gasteiger partial charge on any atom is 0.323 e. The number of pyridine rings is 2. The Morgan fingerprint density at radius 2 is 2.04 bits per heavy atom. The summed E-state index contributed by atoms with van der Waals surface area (Å²) in [4.78, 5) is 30.4. The Morgan fingerprint density at radius 1 is 1.36 bits per heavy atom. The fourth-order valence-corrected chi connectivity index (χ4v) is 3.34. The van der Waals surface area contributed by atoms with Gasteiger partial charge in [-0.1, -0.05) is 11.6 Å². The number of phenols is 1. The van der Waals surface area contributed by atoms with E-state index in [4.69, 9.17) is 11.6 Å². The Labute approximate surface area is 147 Å². The van der Waals surface area contributed by atoms with E-state index in [2.05, 4.69) is 4.98 Å². The lowest BCUT2D eigenvalue weighted by molar-refractivity contribution is -0.137. The van der Waals surface area contributed by atoms with Gasteiger partial charge in [0.05, 0.1) is 27.0 Å². The smallest absolute Gasteiger partial charge is 0.323 e. The van der Waals surface area contributed by atoms with Gasteiger partial charge in [-0.25, -0.2) is 4.98 Å². The quantitative estimate of drug-likeness (QED) is 0.695. The number of carboxylic acid groups (broad SMARTS) is 1. The standard InChI is InChI=1S/C17H16ClN3O4/c1-8-4-5-9-16(25)13-11(22)6-10(18)14(20(2)3)15(13)21(7-12(23)24)17(9)19-8/h4-6,22H,7H2,1-3H3,(H,23,24). The van der Waals surface area contributed by atoms with E-state index < -0.39 is 17.9 Å². The minimum atomic E-state index is -1.10. The molecule has 0 atom stereocenters. The van der Waals surface area contributed by atoms with E-state index in [1.807, 2.05) is 0 Å². The van der Waals surface area contributed by atoms with E-state index in [0.717, 1.165) is 0 Å². The zero-order chi connectivity index (χ0) is 18.5. The Bertz CT molecular complexity index is 1090. The Kier molecular flexibility index (Phi) is 4.04. The third-order valence-corrected chi connectivity index (χ3v) is 4.25. The van der Waals surface area contributed by atoms with E-state index >= 15 is 0 Å². The summed E-state index contributed by atoms with van der Waals surface area (Å²) in [7, 11) is 3.45. The first-order valence-corrected chi connectivity index (χ1v) is 7.84. The molecule has 8 heteroatoms. The van der Waals surface area contributed by atoms with Crippen LogP contribution < -0.4 is 10.3 Å². The number of rotatable bonds is 3. The number of phenolic OH excluding ortho intramolecular Hbond substituents is 1. The molecule has 2 N–H and O–H groups in total. The average molecular weight is 362 g/mol. The largest absolute Gasteiger partial charge is 0.507 e. The van der Waals surface area contributed by atoms with Crippen LogP contribution in [0, 0.1) is 6.92 Å². The Morgan fingerprint density at radius 3 is 2.64 bits per heavy atom. The summed E-state index contributed by atoms with van der Waals surface area (Å²) in [6, 6.07) is 4.54. The van der Waals surface area contributed by atoms with Crippen molar-refractivity contribution >= 4 is 45.2 Å². The van der Waals surface area contributed by atoms with Crippen molar-refractivity contribution in [2.24, 2.45) is 0 Å². The van der Waals surface area contributed by atoms with Crippen molar-refractivity contribution in [2.45, 2.75) is 13.5 Å². The number of hydrogen-bond donors (Lipinski definition) is 2. The lowest BCUT2D eigenvalue weighted by Crippen LogP contribution is -2.20. The van der Waals surface area contributed by atoms with Crippen molar-refractivity contribution in [3.63, 3.8) is 0 Å². The van der Waals surface area contributed by atoms with Crippen molar-refractivity contribution in [1.29, 1.82) is 0 Å². The van der Waals surface area contributed by atoms with Gasteiger partial charge in [0.1, 0.15) is 17.9 Å². The van der Waals surface area contributed by atoms with Crippen LogP contribution in [0.5, 0.6) is 5.75 Å². The number of aryl methyl sites for hydroxylation is 1. The van der Waals surface area contributed by atoms with Crippen molar-refractivity contribution < 1.29 is 15.0 Å². The molecule has 0 aliphatic carbocycles. The highest BCUT2D eigenvalue weighted by atomic mass is 35.5. The molecule has 7 nitrogen and oxygen atoms in total. The molecule has 0 bridgehead atoms. The summed E-state index contributed by atoms with van der Waals surface area (Å²) in [5, 5.41) is 20.2. The van der Waals surface area contributed by atoms with Crippen LogP contribution in [-0.4, -0.2) is 39.8 Å². The first-order chi connectivity index (χ1) is 11.7. The van der Waals surface area contributed by atoms with Crippen LogP contribution in [-0.2, 0) is 11.3 Å². The monoisotopic (exact) mass is 361 g/mol. The zero-order valence-corrected chi connectivity index (χ0v) is 14.6. The maximum atomic E-state index is 12.9. The van der Waals surface area contributed by atoms with Gasteiger partial charge < -0.3 is 19.7 Å². The minimum Gasteiger partial charge on any atom is -0.507 e. The molecule has 2 heterocycles. The summed E-state index contributed by atoms with van der Waals surface area (Å²) in [6.45, 7) is 1.33. The van der Waals surface area contributed by atoms with Gasteiger partial charge in [-0.2, -0.15) is 0 Å². The van der Waals surface area contributed by atoms with Gasteiger partial charge in [-0.3, -0.25) is 9.59 Å². The number of benzene rings is 1. The van der Waals surface area contributed by atoms with Crippen LogP contribution >= 0.6 is 11.6 Å². The molecule has 0 saturated heterocycles. The normalized spacial score (nSPS) is 11.2. The van der Waals surface area contributed by atoms with Gasteiger partial charge >= 0.3 is 5.97 Å². The van der Waals surface area contributed by atoms with Crippen molar-refractivity contribution in [2.75, 3.05) is 19.0 Å². The molecule has 0 aliphatic heterocycles. The van der Waals surface area contributed by atoms with E-state index in [0.29, 0.717) is 11.4 Å². The molecule has 2 aromatic heterocycles. The molecule has 0 spiro atoms. The van der Waals surface area contributed by atoms with Gasteiger partial charge in [-0.15, -0.1) is 0 Å². The molecular formula is C17H16ClN3O4. The summed E-state index contributed by atoms with van der Waals surface area (Å²) in [5.41, 5.74) is 1.15. The number of carbonyl (C=O) groups is 1. The summed E-state index contributed by atoms with van der Waals surface area (Å²) < 4.78 is 1.41. The van der Waals surface area contributed by atoms with E-state index in [1.54, 1.807) is 38.1 Å². The fraction of sp³-hybridized carbons (Fsp3) is 0.235. The molecule has 0 aliphatic rings. The molecule has 3 aromatic rings. The van der Waals surface area contributed by atoms with Crippen LogP contribution in [0.15, 0.2) is 23.0 Å². The van der Waals surface area contributed by atoms with Gasteiger partial charge in [0.2, 0.25) is 5.43 Å². The number of nitrogens with zero attached hydrogens (tertiary/aromatic N) is 3. The number of anilines is 1. The first-order valence-electron chi connectivity index (χ1n) is 7.46. The van der Waals surface area contributed by atoms with Crippen molar-refractivity contribution in [3.8, 4) is 5.75 Å². The first kappa shape index (κ1) is 17.0. The predicted molar refractivity (Wildman–Crippen MR) is 96.9 cm³/mol. The third-order valence-electron chi connectivity index (χ3n) is 3.96. The maximum absolute atomic E-state index is 12.9. The second kappa shape index (κ2) is 5.93. The van der Waals surface area contributed by atoms with E-state index in [1.165, 1.54) is 10.6 Å². The number of hydrogen-bond acceptors (Lipinski definition) is 5. The van der Waals surface area contributed by atoms with Crippen LogP contribution in [0.1, 0.15) is 5.69 Å². The summed E-state index contributed by atoms with van der Waals surface area (Å²) in [5.74, 6) is -1.39. The molecule has 3 rings (SSSR count). The summed E-state index contributed by atoms with van der Waals surface area (Å²) in [6.07, 6.45) is 0. The lowest BCUT2D eigenvalue weighted by atomic mass is 10.1. The van der Waals surface area contributed by atoms with Crippen LogP contribution in [0.2, 0.25) is 5.02 Å². The third kappa shape index (κ3) is 2.66. The number of aromatic nitrogens is 2.